The molecule has 0 aromatic heterocycles. The average Bonchev–Trinajstić information content (AvgIpc) is 2.70. The number of anilines is 1. The number of aliphatic hydroxyl groups excluding tert-OH is 1. The maximum Gasteiger partial charge on any atom is 0.418 e. The van der Waals surface area contributed by atoms with E-state index >= 15 is 0 Å². The number of carbonyl (C=O) groups excluding carboxylic acids is 1. The maximum absolute atomic E-state index is 13.7. The summed E-state index contributed by atoms with van der Waals surface area (Å²) in [5.41, 5.74) is 2.68. The summed E-state index contributed by atoms with van der Waals surface area (Å²) in [7, 11) is 1.18. The van der Waals surface area contributed by atoms with Gasteiger partial charge in [-0.05, 0) is 41.8 Å². The molecule has 0 amide bonds. The molecule has 5 nitrogen and oxygen atoms in total. The standard InChI is InChI=1S/C21H24ClF3N2O3/c1-3-9-27(26-13-19(28)15-5-4-6-16(22)12-15)18-8-7-14(11-20(29)30-2)10-17(18)21(23,24)25/h4-8,10,12,19,26,28H,3,9,11,13H2,1-2H3/t19-/m0/s1. The van der Waals surface area contributed by atoms with Crippen LogP contribution in [-0.4, -0.2) is 31.3 Å². The Labute approximate surface area is 178 Å². The van der Waals surface area contributed by atoms with E-state index in [0.29, 0.717) is 17.0 Å². The zero-order valence-electron chi connectivity index (χ0n) is 16.7. The van der Waals surface area contributed by atoms with Gasteiger partial charge in [-0.3, -0.25) is 4.79 Å². The average molecular weight is 445 g/mol. The molecule has 2 N–H and O–H groups in total. The predicted octanol–water partition coefficient (Wildman–Crippen LogP) is 4.53. The first-order valence-electron chi connectivity index (χ1n) is 9.37. The summed E-state index contributed by atoms with van der Waals surface area (Å²) in [5.74, 6) is -0.621. The summed E-state index contributed by atoms with van der Waals surface area (Å²) in [4.78, 5) is 11.4. The van der Waals surface area contributed by atoms with E-state index in [1.165, 1.54) is 24.3 Å². The highest BCUT2D eigenvalue weighted by molar-refractivity contribution is 6.30. The Hall–Kier alpha value is -2.29. The number of carbonyl (C=O) groups is 1. The first-order chi connectivity index (χ1) is 14.2. The number of ether oxygens (including phenoxy) is 1. The minimum Gasteiger partial charge on any atom is -0.469 e. The number of alkyl halides is 3. The fourth-order valence-electron chi connectivity index (χ4n) is 2.93. The summed E-state index contributed by atoms with van der Waals surface area (Å²) in [6.45, 7) is 2.10. The highest BCUT2D eigenvalue weighted by Gasteiger charge is 2.35. The number of nitrogens with one attached hydrogen (secondary N) is 1. The second-order valence-corrected chi connectivity index (χ2v) is 7.12. The van der Waals surface area contributed by atoms with Gasteiger partial charge in [0, 0.05) is 18.1 Å². The number of halogens is 4. The fraction of sp³-hybridized carbons (Fsp3) is 0.381. The van der Waals surface area contributed by atoms with E-state index in [9.17, 15) is 23.1 Å². The van der Waals surface area contributed by atoms with Crippen LogP contribution in [0.2, 0.25) is 5.02 Å². The number of hydrogen-bond donors (Lipinski definition) is 2. The third-order valence-corrected chi connectivity index (χ3v) is 4.62. The van der Waals surface area contributed by atoms with Crippen LogP contribution in [0.25, 0.3) is 0 Å². The third-order valence-electron chi connectivity index (χ3n) is 4.39. The lowest BCUT2D eigenvalue weighted by molar-refractivity contribution is -0.140. The Kier molecular flexibility index (Phi) is 8.52. The van der Waals surface area contributed by atoms with Gasteiger partial charge in [-0.1, -0.05) is 36.7 Å². The first kappa shape index (κ1) is 24.0. The van der Waals surface area contributed by atoms with E-state index in [4.69, 9.17) is 11.6 Å². The van der Waals surface area contributed by atoms with Crippen LogP contribution in [0.1, 0.15) is 36.1 Å². The van der Waals surface area contributed by atoms with Gasteiger partial charge >= 0.3 is 12.1 Å². The molecule has 2 aromatic rings. The summed E-state index contributed by atoms with van der Waals surface area (Å²) in [6.07, 6.45) is -5.27. The molecule has 0 aliphatic rings. The van der Waals surface area contributed by atoms with Crippen molar-refractivity contribution in [3.63, 3.8) is 0 Å². The predicted molar refractivity (Wildman–Crippen MR) is 109 cm³/mol. The molecule has 0 fully saturated rings. The zero-order valence-corrected chi connectivity index (χ0v) is 17.4. The number of methoxy groups -OCH3 is 1. The van der Waals surface area contributed by atoms with Crippen LogP contribution in [0.4, 0.5) is 18.9 Å². The molecule has 2 aromatic carbocycles. The molecule has 0 saturated carbocycles. The van der Waals surface area contributed by atoms with Crippen molar-refractivity contribution in [3.05, 3.63) is 64.2 Å². The van der Waals surface area contributed by atoms with Crippen molar-refractivity contribution in [1.29, 1.82) is 0 Å². The Morgan fingerprint density at radius 1 is 1.27 bits per heavy atom. The molecule has 0 radical (unpaired) electrons. The molecule has 9 heteroatoms. The van der Waals surface area contributed by atoms with E-state index in [-0.39, 0.29) is 30.8 Å². The molecule has 0 unspecified atom stereocenters. The Balaban J connectivity index is 2.27. The summed E-state index contributed by atoms with van der Waals surface area (Å²) >= 11 is 5.93. The van der Waals surface area contributed by atoms with Crippen LogP contribution in [0, 0.1) is 0 Å². The molecule has 0 spiro atoms. The number of benzene rings is 2. The lowest BCUT2D eigenvalue weighted by Gasteiger charge is -2.29. The number of nitrogens with zero attached hydrogens (tertiary/aromatic N) is 1. The normalized spacial score (nSPS) is 12.5. The highest BCUT2D eigenvalue weighted by atomic mass is 35.5. The van der Waals surface area contributed by atoms with E-state index in [0.717, 1.165) is 6.07 Å². The smallest absolute Gasteiger partial charge is 0.418 e. The van der Waals surface area contributed by atoms with Crippen molar-refractivity contribution in [2.45, 2.75) is 32.0 Å². The monoisotopic (exact) mass is 444 g/mol. The van der Waals surface area contributed by atoms with Crippen molar-refractivity contribution >= 4 is 23.3 Å². The minimum atomic E-state index is -4.62. The summed E-state index contributed by atoms with van der Waals surface area (Å²) < 4.78 is 45.7. The van der Waals surface area contributed by atoms with Gasteiger partial charge in [0.1, 0.15) is 0 Å². The molecule has 0 heterocycles. The van der Waals surface area contributed by atoms with Crippen molar-refractivity contribution in [3.8, 4) is 0 Å². The van der Waals surface area contributed by atoms with Crippen molar-refractivity contribution in [2.24, 2.45) is 0 Å². The van der Waals surface area contributed by atoms with Crippen LogP contribution in [0.5, 0.6) is 0 Å². The molecular formula is C21H24ClF3N2O3. The van der Waals surface area contributed by atoms with E-state index in [1.807, 2.05) is 6.92 Å². The summed E-state index contributed by atoms with van der Waals surface area (Å²) in [5, 5.41) is 12.2. The number of esters is 1. The number of rotatable bonds is 9. The van der Waals surface area contributed by atoms with Gasteiger partial charge in [0.15, 0.2) is 0 Å². The number of hydrazine groups is 1. The molecule has 0 bridgehead atoms. The SMILES string of the molecule is CCCN(NC[C@H](O)c1cccc(Cl)c1)c1ccc(CC(=O)OC)cc1C(F)(F)F. The van der Waals surface area contributed by atoms with Gasteiger partial charge in [0.2, 0.25) is 0 Å². The van der Waals surface area contributed by atoms with Crippen LogP contribution in [0.3, 0.4) is 0 Å². The molecule has 0 saturated heterocycles. The molecule has 2 rings (SSSR count). The van der Waals surface area contributed by atoms with Crippen molar-refractivity contribution in [1.82, 2.24) is 5.43 Å². The highest BCUT2D eigenvalue weighted by Crippen LogP contribution is 2.37. The second kappa shape index (κ2) is 10.7. The largest absolute Gasteiger partial charge is 0.469 e. The van der Waals surface area contributed by atoms with Crippen molar-refractivity contribution in [2.75, 3.05) is 25.2 Å². The van der Waals surface area contributed by atoms with Gasteiger partial charge in [-0.2, -0.15) is 13.2 Å². The van der Waals surface area contributed by atoms with Crippen LogP contribution < -0.4 is 10.4 Å². The van der Waals surface area contributed by atoms with E-state index < -0.39 is 23.8 Å². The Morgan fingerprint density at radius 3 is 2.60 bits per heavy atom. The minimum absolute atomic E-state index is 0.0123. The third kappa shape index (κ3) is 6.62. The number of aliphatic hydroxyl groups is 1. The van der Waals surface area contributed by atoms with Gasteiger partial charge in [-0.25, -0.2) is 5.43 Å². The molecule has 30 heavy (non-hydrogen) atoms. The van der Waals surface area contributed by atoms with Crippen LogP contribution in [0.15, 0.2) is 42.5 Å². The quantitative estimate of drug-likeness (QED) is 0.439. The first-order valence-corrected chi connectivity index (χ1v) is 9.75. The van der Waals surface area contributed by atoms with Crippen LogP contribution in [-0.2, 0) is 22.1 Å². The second-order valence-electron chi connectivity index (χ2n) is 6.69. The molecule has 1 atom stereocenters. The van der Waals surface area contributed by atoms with Gasteiger partial charge in [0.05, 0.1) is 30.9 Å². The fourth-order valence-corrected chi connectivity index (χ4v) is 3.13. The van der Waals surface area contributed by atoms with Crippen molar-refractivity contribution < 1.29 is 27.8 Å². The van der Waals surface area contributed by atoms with E-state index in [1.54, 1.807) is 24.3 Å². The maximum atomic E-state index is 13.7. The lowest BCUT2D eigenvalue weighted by atomic mass is 10.0. The van der Waals surface area contributed by atoms with E-state index in [2.05, 4.69) is 10.2 Å². The Morgan fingerprint density at radius 2 is 2.00 bits per heavy atom. The molecule has 164 valence electrons. The zero-order chi connectivity index (χ0) is 22.3. The topological polar surface area (TPSA) is 61.8 Å². The molecular weight excluding hydrogens is 421 g/mol. The molecule has 0 aliphatic carbocycles. The number of hydrogen-bond acceptors (Lipinski definition) is 5. The van der Waals surface area contributed by atoms with Crippen LogP contribution >= 0.6 is 11.6 Å². The van der Waals surface area contributed by atoms with Gasteiger partial charge in [-0.15, -0.1) is 0 Å². The molecule has 0 aliphatic heterocycles. The lowest BCUT2D eigenvalue weighted by Crippen LogP contribution is -2.42. The van der Waals surface area contributed by atoms with Gasteiger partial charge in [0.25, 0.3) is 0 Å². The Bertz CT molecular complexity index is 862. The van der Waals surface area contributed by atoms with Gasteiger partial charge < -0.3 is 14.9 Å². The summed E-state index contributed by atoms with van der Waals surface area (Å²) in [6, 6.07) is 10.4.